The number of hydrogen-bond donors (Lipinski definition) is 1. The quantitative estimate of drug-likeness (QED) is 0.664. The molecule has 1 fully saturated rings. The molecule has 0 radical (unpaired) electrons. The first-order valence-corrected chi connectivity index (χ1v) is 10.2. The number of alkyl halides is 3. The summed E-state index contributed by atoms with van der Waals surface area (Å²) in [5.74, 6) is 1.41. The topological polar surface area (TPSA) is 84.7 Å². The lowest BCUT2D eigenvalue weighted by molar-refractivity contribution is -0.150. The minimum Gasteiger partial charge on any atom is -0.380 e. The molecular formula is C21H21F3N6O2. The van der Waals surface area contributed by atoms with E-state index >= 15 is 0 Å². The van der Waals surface area contributed by atoms with Crippen molar-refractivity contribution < 1.29 is 22.7 Å². The fourth-order valence-corrected chi connectivity index (χ4v) is 4.24. The molecule has 1 amide bonds. The normalized spacial score (nSPS) is 16.3. The van der Waals surface area contributed by atoms with Crippen LogP contribution >= 0.6 is 0 Å². The summed E-state index contributed by atoms with van der Waals surface area (Å²) in [7, 11) is 0. The van der Waals surface area contributed by atoms with Gasteiger partial charge in [0.05, 0.1) is 43.5 Å². The van der Waals surface area contributed by atoms with Crippen LogP contribution in [0, 0.1) is 19.8 Å². The molecule has 1 aromatic carbocycles. The van der Waals surface area contributed by atoms with Crippen molar-refractivity contribution in [1.82, 2.24) is 24.5 Å². The summed E-state index contributed by atoms with van der Waals surface area (Å²) < 4.78 is 46.8. The molecule has 2 aliphatic heterocycles. The molecule has 168 valence electrons. The van der Waals surface area contributed by atoms with Crippen LogP contribution in [0.25, 0.3) is 5.78 Å². The number of aryl methyl sites for hydroxylation is 1. The molecule has 0 spiro atoms. The molecule has 0 bridgehead atoms. The Balaban J connectivity index is 1.47. The Morgan fingerprint density at radius 2 is 2.00 bits per heavy atom. The van der Waals surface area contributed by atoms with Gasteiger partial charge in [-0.1, -0.05) is 12.1 Å². The van der Waals surface area contributed by atoms with Gasteiger partial charge in [0.25, 0.3) is 5.78 Å². The average molecular weight is 446 g/mol. The highest BCUT2D eigenvalue weighted by Crippen LogP contribution is 2.34. The number of rotatable bonds is 4. The molecule has 5 rings (SSSR count). The van der Waals surface area contributed by atoms with E-state index in [0.29, 0.717) is 49.3 Å². The van der Waals surface area contributed by atoms with Gasteiger partial charge < -0.3 is 15.0 Å². The molecule has 2 aliphatic rings. The third kappa shape index (κ3) is 3.36. The van der Waals surface area contributed by atoms with Gasteiger partial charge in [0.15, 0.2) is 0 Å². The van der Waals surface area contributed by atoms with Gasteiger partial charge in [0, 0.05) is 12.1 Å². The Labute approximate surface area is 181 Å². The molecule has 0 unspecified atom stereocenters. The molecule has 11 heteroatoms. The van der Waals surface area contributed by atoms with E-state index in [1.54, 1.807) is 11.0 Å². The van der Waals surface area contributed by atoms with E-state index in [-0.39, 0.29) is 23.9 Å². The van der Waals surface area contributed by atoms with Crippen molar-refractivity contribution in [2.24, 2.45) is 5.92 Å². The Morgan fingerprint density at radius 1 is 1.22 bits per heavy atom. The predicted octanol–water partition coefficient (Wildman–Crippen LogP) is 2.86. The van der Waals surface area contributed by atoms with Crippen LogP contribution in [0.3, 0.4) is 0 Å². The summed E-state index contributed by atoms with van der Waals surface area (Å²) in [6, 6.07) is 4.13. The van der Waals surface area contributed by atoms with Gasteiger partial charge in [-0.3, -0.25) is 9.20 Å². The van der Waals surface area contributed by atoms with Gasteiger partial charge in [-0.25, -0.2) is 0 Å². The van der Waals surface area contributed by atoms with Crippen molar-refractivity contribution in [3.63, 3.8) is 0 Å². The van der Waals surface area contributed by atoms with Crippen LogP contribution in [0.4, 0.5) is 19.0 Å². The lowest BCUT2D eigenvalue weighted by Crippen LogP contribution is -2.42. The van der Waals surface area contributed by atoms with Crippen molar-refractivity contribution >= 4 is 17.5 Å². The summed E-state index contributed by atoms with van der Waals surface area (Å²) in [5, 5.41) is 11.4. The Morgan fingerprint density at radius 3 is 2.69 bits per heavy atom. The molecule has 2 aromatic heterocycles. The number of carbonyl (C=O) groups is 1. The smallest absolute Gasteiger partial charge is 0.380 e. The van der Waals surface area contributed by atoms with Crippen molar-refractivity contribution in [2.45, 2.75) is 39.7 Å². The zero-order valence-corrected chi connectivity index (χ0v) is 17.5. The van der Waals surface area contributed by atoms with Crippen LogP contribution < -0.4 is 5.32 Å². The van der Waals surface area contributed by atoms with Crippen LogP contribution in [0.1, 0.15) is 33.8 Å². The van der Waals surface area contributed by atoms with Crippen LogP contribution in [0.5, 0.6) is 0 Å². The second kappa shape index (κ2) is 7.44. The minimum atomic E-state index is -4.41. The van der Waals surface area contributed by atoms with Gasteiger partial charge in [-0.05, 0) is 31.0 Å². The van der Waals surface area contributed by atoms with E-state index in [2.05, 4.69) is 20.5 Å². The van der Waals surface area contributed by atoms with Gasteiger partial charge in [-0.15, -0.1) is 10.2 Å². The molecule has 3 aromatic rings. The Bertz CT molecular complexity index is 1220. The number of nitrogens with zero attached hydrogens (tertiary/aromatic N) is 5. The number of nitrogens with one attached hydrogen (secondary N) is 1. The van der Waals surface area contributed by atoms with Crippen molar-refractivity contribution in [1.29, 1.82) is 0 Å². The molecule has 0 aliphatic carbocycles. The summed E-state index contributed by atoms with van der Waals surface area (Å²) in [6.45, 7) is 5.02. The number of fused-ring (bicyclic) bond motifs is 3. The maximum atomic E-state index is 13.3. The molecule has 1 saturated heterocycles. The van der Waals surface area contributed by atoms with E-state index in [9.17, 15) is 18.0 Å². The summed E-state index contributed by atoms with van der Waals surface area (Å²) >= 11 is 0. The molecule has 1 N–H and O–H groups in total. The van der Waals surface area contributed by atoms with Crippen LogP contribution in [0.2, 0.25) is 0 Å². The number of aromatic nitrogens is 4. The fourth-order valence-electron chi connectivity index (χ4n) is 4.24. The number of halogens is 3. The highest BCUT2D eigenvalue weighted by Gasteiger charge is 2.36. The van der Waals surface area contributed by atoms with E-state index in [1.807, 2.05) is 11.3 Å². The van der Waals surface area contributed by atoms with Crippen LogP contribution in [-0.4, -0.2) is 43.6 Å². The molecule has 0 saturated carbocycles. The Hall–Kier alpha value is -3.21. The van der Waals surface area contributed by atoms with Crippen molar-refractivity contribution in [3.05, 3.63) is 52.0 Å². The largest absolute Gasteiger partial charge is 0.416 e. The molecule has 32 heavy (non-hydrogen) atoms. The fraction of sp³-hybridized carbons (Fsp3) is 0.429. The van der Waals surface area contributed by atoms with Gasteiger partial charge in [-0.2, -0.15) is 18.2 Å². The third-order valence-corrected chi connectivity index (χ3v) is 6.11. The number of carbonyl (C=O) groups excluding carboxylic acids is 1. The van der Waals surface area contributed by atoms with Crippen molar-refractivity contribution in [3.8, 4) is 0 Å². The molecule has 8 nitrogen and oxygen atoms in total. The van der Waals surface area contributed by atoms with E-state index in [1.165, 1.54) is 13.0 Å². The van der Waals surface area contributed by atoms with Crippen LogP contribution in [-0.2, 0) is 35.3 Å². The monoisotopic (exact) mass is 446 g/mol. The van der Waals surface area contributed by atoms with E-state index in [4.69, 9.17) is 4.74 Å². The third-order valence-electron chi connectivity index (χ3n) is 6.11. The lowest BCUT2D eigenvalue weighted by Gasteiger charge is -2.29. The Kier molecular flexibility index (Phi) is 4.81. The second-order valence-corrected chi connectivity index (χ2v) is 8.14. The number of amides is 1. The van der Waals surface area contributed by atoms with E-state index in [0.717, 1.165) is 17.3 Å². The second-order valence-electron chi connectivity index (χ2n) is 8.14. The van der Waals surface area contributed by atoms with Gasteiger partial charge in [0.1, 0.15) is 11.6 Å². The zero-order chi connectivity index (χ0) is 22.6. The first-order valence-electron chi connectivity index (χ1n) is 10.2. The SMILES string of the molecule is Cc1c(CNc2nc3nnc(C)n3c3c2CN(C(=O)C2COC2)C3)cccc1C(F)(F)F. The van der Waals surface area contributed by atoms with Gasteiger partial charge in [0.2, 0.25) is 5.91 Å². The van der Waals surface area contributed by atoms with E-state index < -0.39 is 11.7 Å². The summed E-state index contributed by atoms with van der Waals surface area (Å²) in [5.41, 5.74) is 1.71. The van der Waals surface area contributed by atoms with Crippen molar-refractivity contribution in [2.75, 3.05) is 18.5 Å². The molecular weight excluding hydrogens is 425 g/mol. The lowest BCUT2D eigenvalue weighted by atomic mass is 10.0. The molecule has 4 heterocycles. The highest BCUT2D eigenvalue weighted by atomic mass is 19.4. The highest BCUT2D eigenvalue weighted by molar-refractivity contribution is 5.81. The summed E-state index contributed by atoms with van der Waals surface area (Å²) in [6.07, 6.45) is -4.41. The number of anilines is 1. The zero-order valence-electron chi connectivity index (χ0n) is 17.5. The minimum absolute atomic E-state index is 0.0194. The summed E-state index contributed by atoms with van der Waals surface area (Å²) in [4.78, 5) is 19.1. The maximum Gasteiger partial charge on any atom is 0.416 e. The number of benzene rings is 1. The standard InChI is InChI=1S/C21H21F3N6O2/c1-11-13(4-3-5-16(11)21(22,23)24)6-25-18-15-7-29(19(31)14-9-32-10-14)8-17(15)30-12(2)27-28-20(30)26-18/h3-5,14H,6-10H2,1-2H3,(H,25,26,28). The number of ether oxygens (including phenoxy) is 1. The van der Waals surface area contributed by atoms with Gasteiger partial charge >= 0.3 is 6.18 Å². The van der Waals surface area contributed by atoms with Crippen LogP contribution in [0.15, 0.2) is 18.2 Å². The predicted molar refractivity (Wildman–Crippen MR) is 108 cm³/mol. The first-order chi connectivity index (χ1) is 15.2. The number of hydrogen-bond acceptors (Lipinski definition) is 6. The average Bonchev–Trinajstić information content (AvgIpc) is 3.28. The maximum absolute atomic E-state index is 13.3. The molecule has 0 atom stereocenters. The first kappa shape index (κ1) is 20.7.